The van der Waals surface area contributed by atoms with E-state index in [9.17, 15) is 17.6 Å². The number of nitrogens with one attached hydrogen (secondary N) is 1. The van der Waals surface area contributed by atoms with Crippen molar-refractivity contribution in [1.82, 2.24) is 9.62 Å². The first-order chi connectivity index (χ1) is 11.3. The summed E-state index contributed by atoms with van der Waals surface area (Å²) in [5.74, 6) is -0.788. The molecule has 2 saturated heterocycles. The van der Waals surface area contributed by atoms with Crippen molar-refractivity contribution in [3.05, 3.63) is 34.6 Å². The van der Waals surface area contributed by atoms with Gasteiger partial charge in [-0.15, -0.1) is 0 Å². The third kappa shape index (κ3) is 3.58. The molecule has 1 aromatic rings. The van der Waals surface area contributed by atoms with E-state index < -0.39 is 15.8 Å². The summed E-state index contributed by atoms with van der Waals surface area (Å²) in [6, 6.07) is 4.13. The fourth-order valence-electron chi connectivity index (χ4n) is 3.93. The van der Waals surface area contributed by atoms with Crippen molar-refractivity contribution in [1.29, 1.82) is 0 Å². The molecule has 0 aromatic heterocycles. The molecular formula is C16H20ClFN2O3S. The van der Waals surface area contributed by atoms with Crippen molar-refractivity contribution in [2.45, 2.75) is 50.2 Å². The topological polar surface area (TPSA) is 66.5 Å². The van der Waals surface area contributed by atoms with Crippen molar-refractivity contribution in [3.8, 4) is 0 Å². The summed E-state index contributed by atoms with van der Waals surface area (Å²) in [6.45, 7) is 0. The Morgan fingerprint density at radius 3 is 2.50 bits per heavy atom. The van der Waals surface area contributed by atoms with Crippen LogP contribution in [-0.4, -0.2) is 43.0 Å². The normalized spacial score (nSPS) is 27.2. The summed E-state index contributed by atoms with van der Waals surface area (Å²) in [6.07, 6.45) is 3.96. The van der Waals surface area contributed by atoms with Gasteiger partial charge in [-0.1, -0.05) is 17.7 Å². The van der Waals surface area contributed by atoms with Crippen LogP contribution in [0.5, 0.6) is 0 Å². The number of rotatable bonds is 4. The van der Waals surface area contributed by atoms with E-state index in [1.165, 1.54) is 18.4 Å². The van der Waals surface area contributed by atoms with Gasteiger partial charge < -0.3 is 5.32 Å². The molecule has 1 aromatic carbocycles. The van der Waals surface area contributed by atoms with Gasteiger partial charge in [-0.2, -0.15) is 4.31 Å². The monoisotopic (exact) mass is 374 g/mol. The molecule has 132 valence electrons. The molecule has 0 saturated carbocycles. The van der Waals surface area contributed by atoms with E-state index in [4.69, 9.17) is 11.6 Å². The van der Waals surface area contributed by atoms with Crippen LogP contribution in [0.25, 0.3) is 0 Å². The Balaban J connectivity index is 1.63. The van der Waals surface area contributed by atoms with Gasteiger partial charge in [0.2, 0.25) is 15.9 Å². The van der Waals surface area contributed by atoms with E-state index >= 15 is 0 Å². The van der Waals surface area contributed by atoms with Gasteiger partial charge in [0.05, 0.1) is 12.7 Å². The molecule has 2 aliphatic heterocycles. The number of carbonyl (C=O) groups excluding carboxylic acids is 1. The Bertz CT molecular complexity index is 721. The first kappa shape index (κ1) is 17.6. The molecule has 2 aliphatic rings. The molecule has 1 N–H and O–H groups in total. The Morgan fingerprint density at radius 1 is 1.33 bits per heavy atom. The average molecular weight is 375 g/mol. The zero-order valence-electron chi connectivity index (χ0n) is 13.3. The van der Waals surface area contributed by atoms with Crippen molar-refractivity contribution >= 4 is 27.5 Å². The van der Waals surface area contributed by atoms with Gasteiger partial charge in [-0.25, -0.2) is 12.8 Å². The SMILES string of the molecule is CS(=O)(=O)N1C2CCC1CC(NC(=O)Cc1c(F)cccc1Cl)C2. The molecular weight excluding hydrogens is 355 g/mol. The molecule has 2 heterocycles. The molecule has 2 fully saturated rings. The predicted molar refractivity (Wildman–Crippen MR) is 89.8 cm³/mol. The van der Waals surface area contributed by atoms with Gasteiger partial charge in [0, 0.05) is 28.7 Å². The number of hydrogen-bond acceptors (Lipinski definition) is 3. The first-order valence-corrected chi connectivity index (χ1v) is 10.2. The molecule has 2 unspecified atom stereocenters. The highest BCUT2D eigenvalue weighted by Gasteiger charge is 2.45. The van der Waals surface area contributed by atoms with Crippen LogP contribution >= 0.6 is 11.6 Å². The molecule has 2 atom stereocenters. The van der Waals surface area contributed by atoms with Gasteiger partial charge in [-0.05, 0) is 37.8 Å². The molecule has 0 spiro atoms. The van der Waals surface area contributed by atoms with Gasteiger partial charge in [0.25, 0.3) is 0 Å². The number of benzene rings is 1. The Kier molecular flexibility index (Phi) is 4.86. The van der Waals surface area contributed by atoms with Gasteiger partial charge in [0.1, 0.15) is 5.82 Å². The van der Waals surface area contributed by atoms with E-state index in [1.807, 2.05) is 0 Å². The predicted octanol–water partition coefficient (Wildman–Crippen LogP) is 2.09. The molecule has 3 rings (SSSR count). The van der Waals surface area contributed by atoms with Gasteiger partial charge in [0.15, 0.2) is 0 Å². The van der Waals surface area contributed by atoms with E-state index in [0.29, 0.717) is 12.8 Å². The second-order valence-electron chi connectivity index (χ2n) is 6.59. The summed E-state index contributed by atoms with van der Waals surface area (Å²) >= 11 is 5.95. The van der Waals surface area contributed by atoms with Crippen LogP contribution < -0.4 is 5.32 Å². The van der Waals surface area contributed by atoms with Crippen LogP contribution in [0, 0.1) is 5.82 Å². The standard InChI is InChI=1S/C16H20ClFN2O3S/c1-24(22,23)20-11-5-6-12(20)8-10(7-11)19-16(21)9-13-14(17)3-2-4-15(13)18/h2-4,10-12H,5-9H2,1H3,(H,19,21). The number of carbonyl (C=O) groups is 1. The number of amides is 1. The largest absolute Gasteiger partial charge is 0.353 e. The van der Waals surface area contributed by atoms with Crippen LogP contribution in [0.1, 0.15) is 31.2 Å². The van der Waals surface area contributed by atoms with E-state index in [1.54, 1.807) is 10.4 Å². The van der Waals surface area contributed by atoms with Crippen LogP contribution in [0.2, 0.25) is 5.02 Å². The lowest BCUT2D eigenvalue weighted by molar-refractivity contribution is -0.121. The Labute approximate surface area is 146 Å². The van der Waals surface area contributed by atoms with Crippen LogP contribution in [0.4, 0.5) is 4.39 Å². The smallest absolute Gasteiger partial charge is 0.224 e. The highest BCUT2D eigenvalue weighted by molar-refractivity contribution is 7.88. The minimum absolute atomic E-state index is 0.0545. The van der Waals surface area contributed by atoms with Crippen molar-refractivity contribution in [2.24, 2.45) is 0 Å². The molecule has 1 amide bonds. The lowest BCUT2D eigenvalue weighted by Crippen LogP contribution is -2.52. The maximum Gasteiger partial charge on any atom is 0.224 e. The Morgan fingerprint density at radius 2 is 1.96 bits per heavy atom. The molecule has 24 heavy (non-hydrogen) atoms. The molecule has 2 bridgehead atoms. The van der Waals surface area contributed by atoms with Crippen molar-refractivity contribution in [2.75, 3.05) is 6.26 Å². The minimum Gasteiger partial charge on any atom is -0.353 e. The summed E-state index contributed by atoms with van der Waals surface area (Å²) < 4.78 is 39.1. The third-order valence-electron chi connectivity index (χ3n) is 4.81. The summed E-state index contributed by atoms with van der Waals surface area (Å²) in [5.41, 5.74) is 0.188. The number of piperidine rings is 1. The van der Waals surface area contributed by atoms with Crippen molar-refractivity contribution in [3.63, 3.8) is 0 Å². The summed E-state index contributed by atoms with van der Waals surface area (Å²) in [4.78, 5) is 12.2. The quantitative estimate of drug-likeness (QED) is 0.877. The molecule has 5 nitrogen and oxygen atoms in total. The highest BCUT2D eigenvalue weighted by Crippen LogP contribution is 2.37. The second kappa shape index (κ2) is 6.61. The number of halogens is 2. The highest BCUT2D eigenvalue weighted by atomic mass is 35.5. The van der Waals surface area contributed by atoms with Crippen LogP contribution in [-0.2, 0) is 21.2 Å². The van der Waals surface area contributed by atoms with Crippen molar-refractivity contribution < 1.29 is 17.6 Å². The van der Waals surface area contributed by atoms with Gasteiger partial charge >= 0.3 is 0 Å². The first-order valence-electron chi connectivity index (χ1n) is 7.96. The maximum atomic E-state index is 13.8. The summed E-state index contributed by atoms with van der Waals surface area (Å²) in [5, 5.41) is 3.14. The fourth-order valence-corrected chi connectivity index (χ4v) is 5.63. The zero-order chi connectivity index (χ0) is 17.5. The number of sulfonamides is 1. The van der Waals surface area contributed by atoms with Gasteiger partial charge in [-0.3, -0.25) is 4.79 Å². The average Bonchev–Trinajstić information content (AvgIpc) is 2.76. The number of hydrogen-bond donors (Lipinski definition) is 1. The third-order valence-corrected chi connectivity index (χ3v) is 6.53. The zero-order valence-corrected chi connectivity index (χ0v) is 14.9. The second-order valence-corrected chi connectivity index (χ2v) is 8.89. The number of nitrogens with zero attached hydrogens (tertiary/aromatic N) is 1. The maximum absolute atomic E-state index is 13.8. The van der Waals surface area contributed by atoms with Crippen LogP contribution in [0.3, 0.4) is 0 Å². The number of fused-ring (bicyclic) bond motifs is 2. The lowest BCUT2D eigenvalue weighted by atomic mass is 9.99. The molecule has 0 aliphatic carbocycles. The molecule has 8 heteroatoms. The van der Waals surface area contributed by atoms with E-state index in [-0.39, 0.29) is 41.0 Å². The van der Waals surface area contributed by atoms with E-state index in [2.05, 4.69) is 5.32 Å². The summed E-state index contributed by atoms with van der Waals surface area (Å²) in [7, 11) is -3.22. The van der Waals surface area contributed by atoms with E-state index in [0.717, 1.165) is 12.8 Å². The van der Waals surface area contributed by atoms with Crippen LogP contribution in [0.15, 0.2) is 18.2 Å². The fraction of sp³-hybridized carbons (Fsp3) is 0.562. The lowest BCUT2D eigenvalue weighted by Gasteiger charge is -2.37. The minimum atomic E-state index is -3.22. The molecule has 0 radical (unpaired) electrons. The Hall–Kier alpha value is -1.18.